The smallest absolute Gasteiger partial charge is 0.0131 e. The highest BCUT2D eigenvalue weighted by Gasteiger charge is 2.14. The molecule has 54 valence electrons. The Morgan fingerprint density at radius 3 is 2.33 bits per heavy atom. The van der Waals surface area contributed by atoms with Crippen molar-refractivity contribution in [3.8, 4) is 0 Å². The van der Waals surface area contributed by atoms with E-state index in [2.05, 4.69) is 0 Å². The Kier molecular flexibility index (Phi) is 2.45. The molecule has 1 rings (SSSR count). The summed E-state index contributed by atoms with van der Waals surface area (Å²) in [6.45, 7) is 2.86. The van der Waals surface area contributed by atoms with Crippen LogP contribution in [-0.4, -0.2) is 24.6 Å². The molecule has 0 bridgehead atoms. The molecule has 9 heavy (non-hydrogen) atoms. The van der Waals surface area contributed by atoms with Crippen molar-refractivity contribution in [2.24, 2.45) is 17.5 Å². The van der Waals surface area contributed by atoms with Crippen LogP contribution in [0.4, 0.5) is 0 Å². The Morgan fingerprint density at radius 1 is 1.33 bits per heavy atom. The van der Waals surface area contributed by atoms with Crippen LogP contribution < -0.4 is 11.6 Å². The summed E-state index contributed by atoms with van der Waals surface area (Å²) in [6, 6.07) is 0. The summed E-state index contributed by atoms with van der Waals surface area (Å²) < 4.78 is 0. The van der Waals surface area contributed by atoms with Gasteiger partial charge in [-0.15, -0.1) is 0 Å². The minimum Gasteiger partial charge on any atom is -0.330 e. The molecule has 0 aromatic carbocycles. The molecule has 0 radical (unpaired) electrons. The monoisotopic (exact) mass is 129 g/mol. The molecule has 1 fully saturated rings. The summed E-state index contributed by atoms with van der Waals surface area (Å²) in [5.74, 6) is 6.27. The zero-order valence-electron chi connectivity index (χ0n) is 5.71. The molecule has 1 aliphatic heterocycles. The van der Waals surface area contributed by atoms with Crippen LogP contribution in [0.3, 0.4) is 0 Å². The van der Waals surface area contributed by atoms with Crippen LogP contribution in [0.5, 0.6) is 0 Å². The van der Waals surface area contributed by atoms with E-state index in [4.69, 9.17) is 11.6 Å². The molecule has 3 nitrogen and oxygen atoms in total. The van der Waals surface area contributed by atoms with Crippen molar-refractivity contribution in [1.29, 1.82) is 0 Å². The van der Waals surface area contributed by atoms with Gasteiger partial charge in [0.2, 0.25) is 0 Å². The molecule has 0 amide bonds. The second-order valence-corrected chi connectivity index (χ2v) is 2.72. The number of hydrazine groups is 1. The quantitative estimate of drug-likeness (QED) is 0.471. The van der Waals surface area contributed by atoms with E-state index in [9.17, 15) is 0 Å². The van der Waals surface area contributed by atoms with Gasteiger partial charge in [0.1, 0.15) is 0 Å². The standard InChI is InChI=1S/C6H15N3/c7-5-6-1-3-9(8)4-2-6/h6H,1-5,7-8H2. The maximum atomic E-state index is 5.54. The SMILES string of the molecule is NCC1CCN(N)CC1. The van der Waals surface area contributed by atoms with Crippen molar-refractivity contribution >= 4 is 0 Å². The van der Waals surface area contributed by atoms with E-state index >= 15 is 0 Å². The molecule has 4 N–H and O–H groups in total. The van der Waals surface area contributed by atoms with E-state index in [1.807, 2.05) is 5.01 Å². The molecule has 0 aromatic rings. The molecule has 1 saturated heterocycles. The summed E-state index contributed by atoms with van der Waals surface area (Å²) >= 11 is 0. The average molecular weight is 129 g/mol. The molecule has 1 heterocycles. The average Bonchev–Trinajstić information content (AvgIpc) is 1.90. The summed E-state index contributed by atoms with van der Waals surface area (Å²) in [5.41, 5.74) is 5.49. The van der Waals surface area contributed by atoms with E-state index in [1.54, 1.807) is 0 Å². The van der Waals surface area contributed by atoms with Crippen molar-refractivity contribution in [2.75, 3.05) is 19.6 Å². The first-order chi connectivity index (χ1) is 4.33. The number of nitrogens with zero attached hydrogens (tertiary/aromatic N) is 1. The van der Waals surface area contributed by atoms with Gasteiger partial charge in [0.15, 0.2) is 0 Å². The van der Waals surface area contributed by atoms with E-state index in [1.165, 1.54) is 12.8 Å². The van der Waals surface area contributed by atoms with Gasteiger partial charge in [-0.25, -0.2) is 5.01 Å². The first-order valence-electron chi connectivity index (χ1n) is 3.52. The Labute approximate surface area is 56.0 Å². The molecule has 0 spiro atoms. The normalized spacial score (nSPS) is 24.7. The second kappa shape index (κ2) is 3.15. The third-order valence-electron chi connectivity index (χ3n) is 1.98. The lowest BCUT2D eigenvalue weighted by Crippen LogP contribution is -2.40. The van der Waals surface area contributed by atoms with Gasteiger partial charge in [-0.05, 0) is 25.3 Å². The zero-order chi connectivity index (χ0) is 6.69. The Morgan fingerprint density at radius 2 is 1.89 bits per heavy atom. The van der Waals surface area contributed by atoms with Crippen LogP contribution in [0.25, 0.3) is 0 Å². The van der Waals surface area contributed by atoms with Crippen LogP contribution in [0, 0.1) is 5.92 Å². The van der Waals surface area contributed by atoms with Crippen LogP contribution in [0.2, 0.25) is 0 Å². The third kappa shape index (κ3) is 1.93. The van der Waals surface area contributed by atoms with E-state index < -0.39 is 0 Å². The molecule has 1 aliphatic rings. The lowest BCUT2D eigenvalue weighted by atomic mass is 9.98. The predicted molar refractivity (Wildman–Crippen MR) is 37.5 cm³/mol. The van der Waals surface area contributed by atoms with Gasteiger partial charge in [0.05, 0.1) is 0 Å². The van der Waals surface area contributed by atoms with Gasteiger partial charge in [0, 0.05) is 13.1 Å². The molecule has 0 atom stereocenters. The maximum absolute atomic E-state index is 5.54. The summed E-state index contributed by atoms with van der Waals surface area (Å²) in [5, 5.41) is 1.87. The second-order valence-electron chi connectivity index (χ2n) is 2.72. The molecule has 0 aliphatic carbocycles. The molecular weight excluding hydrogens is 114 g/mol. The van der Waals surface area contributed by atoms with Gasteiger partial charge in [0.25, 0.3) is 0 Å². The van der Waals surface area contributed by atoms with Gasteiger partial charge >= 0.3 is 0 Å². The molecule has 0 unspecified atom stereocenters. The lowest BCUT2D eigenvalue weighted by molar-refractivity contribution is 0.191. The van der Waals surface area contributed by atoms with Crippen molar-refractivity contribution in [1.82, 2.24) is 5.01 Å². The molecule has 0 aromatic heterocycles. The van der Waals surface area contributed by atoms with Crippen molar-refractivity contribution in [3.63, 3.8) is 0 Å². The largest absolute Gasteiger partial charge is 0.330 e. The van der Waals surface area contributed by atoms with Gasteiger partial charge in [-0.1, -0.05) is 0 Å². The fourth-order valence-electron chi connectivity index (χ4n) is 1.19. The Bertz CT molecular complexity index is 76.4. The highest BCUT2D eigenvalue weighted by molar-refractivity contribution is 4.68. The van der Waals surface area contributed by atoms with Crippen LogP contribution in [-0.2, 0) is 0 Å². The highest BCUT2D eigenvalue weighted by Crippen LogP contribution is 2.12. The van der Waals surface area contributed by atoms with Gasteiger partial charge < -0.3 is 5.73 Å². The van der Waals surface area contributed by atoms with E-state index in [-0.39, 0.29) is 0 Å². The van der Waals surface area contributed by atoms with E-state index in [0.717, 1.165) is 25.6 Å². The number of hydrogen-bond donors (Lipinski definition) is 2. The third-order valence-corrected chi connectivity index (χ3v) is 1.98. The predicted octanol–water partition coefficient (Wildman–Crippen LogP) is -0.469. The molecular formula is C6H15N3. The molecule has 3 heteroatoms. The van der Waals surface area contributed by atoms with Crippen LogP contribution in [0.15, 0.2) is 0 Å². The summed E-state index contributed by atoms with van der Waals surface area (Å²) in [4.78, 5) is 0. The fraction of sp³-hybridized carbons (Fsp3) is 1.00. The van der Waals surface area contributed by atoms with Gasteiger partial charge in [-0.2, -0.15) is 0 Å². The topological polar surface area (TPSA) is 55.3 Å². The first kappa shape index (κ1) is 6.99. The first-order valence-corrected chi connectivity index (χ1v) is 3.52. The number of hydrogen-bond acceptors (Lipinski definition) is 3. The van der Waals surface area contributed by atoms with Gasteiger partial charge in [-0.3, -0.25) is 5.84 Å². The van der Waals surface area contributed by atoms with Crippen molar-refractivity contribution in [2.45, 2.75) is 12.8 Å². The molecule has 0 saturated carbocycles. The fourth-order valence-corrected chi connectivity index (χ4v) is 1.19. The number of nitrogens with two attached hydrogens (primary N) is 2. The summed E-state index contributed by atoms with van der Waals surface area (Å²) in [7, 11) is 0. The maximum Gasteiger partial charge on any atom is 0.0131 e. The van der Waals surface area contributed by atoms with Crippen molar-refractivity contribution < 1.29 is 0 Å². The summed E-state index contributed by atoms with van der Waals surface area (Å²) in [6.07, 6.45) is 2.35. The van der Waals surface area contributed by atoms with Crippen molar-refractivity contribution in [3.05, 3.63) is 0 Å². The Balaban J connectivity index is 2.18. The number of piperidine rings is 1. The minimum absolute atomic E-state index is 0.727. The van der Waals surface area contributed by atoms with Crippen LogP contribution in [0.1, 0.15) is 12.8 Å². The number of rotatable bonds is 1. The van der Waals surface area contributed by atoms with E-state index in [0.29, 0.717) is 0 Å². The lowest BCUT2D eigenvalue weighted by Gasteiger charge is -2.27. The highest BCUT2D eigenvalue weighted by atomic mass is 15.4. The van der Waals surface area contributed by atoms with Crippen LogP contribution >= 0.6 is 0 Å². The Hall–Kier alpha value is -0.120. The minimum atomic E-state index is 0.727. The zero-order valence-corrected chi connectivity index (χ0v) is 5.71.